The SMILES string of the molecule is Cc1ccc(C)c(CSc2nc(CC(=O)NCCc3ccc(Cl)cc3)cs2)c1. The van der Waals surface area contributed by atoms with Crippen LogP contribution < -0.4 is 5.32 Å². The number of thioether (sulfide) groups is 1. The van der Waals surface area contributed by atoms with E-state index in [4.69, 9.17) is 11.6 Å². The van der Waals surface area contributed by atoms with E-state index < -0.39 is 0 Å². The fourth-order valence-electron chi connectivity index (χ4n) is 2.76. The molecule has 0 fully saturated rings. The normalized spacial score (nSPS) is 10.8. The number of aromatic nitrogens is 1. The lowest BCUT2D eigenvalue weighted by Crippen LogP contribution is -2.27. The number of nitrogens with one attached hydrogen (secondary N) is 1. The molecule has 146 valence electrons. The topological polar surface area (TPSA) is 42.0 Å². The minimum Gasteiger partial charge on any atom is -0.355 e. The van der Waals surface area contributed by atoms with Gasteiger partial charge in [-0.2, -0.15) is 0 Å². The molecule has 1 aromatic heterocycles. The average molecular weight is 431 g/mol. The van der Waals surface area contributed by atoms with E-state index in [1.165, 1.54) is 16.7 Å². The number of amides is 1. The Hall–Kier alpha value is -1.82. The Morgan fingerprint density at radius 1 is 1.18 bits per heavy atom. The van der Waals surface area contributed by atoms with Gasteiger partial charge < -0.3 is 5.32 Å². The largest absolute Gasteiger partial charge is 0.355 e. The highest BCUT2D eigenvalue weighted by Crippen LogP contribution is 2.28. The smallest absolute Gasteiger partial charge is 0.226 e. The zero-order valence-corrected chi connectivity index (χ0v) is 18.4. The molecule has 1 heterocycles. The number of carbonyl (C=O) groups excluding carboxylic acids is 1. The minimum atomic E-state index is 0.00495. The molecule has 1 amide bonds. The Labute approximate surface area is 179 Å². The minimum absolute atomic E-state index is 0.00495. The van der Waals surface area contributed by atoms with Crippen LogP contribution in [-0.2, 0) is 23.4 Å². The summed E-state index contributed by atoms with van der Waals surface area (Å²) in [7, 11) is 0. The average Bonchev–Trinajstić information content (AvgIpc) is 3.11. The number of hydrogen-bond donors (Lipinski definition) is 1. The fourth-order valence-corrected chi connectivity index (χ4v) is 4.79. The number of benzene rings is 2. The first kappa shape index (κ1) is 20.9. The molecule has 0 saturated heterocycles. The van der Waals surface area contributed by atoms with E-state index in [-0.39, 0.29) is 5.91 Å². The molecule has 0 radical (unpaired) electrons. The molecule has 1 N–H and O–H groups in total. The molecule has 0 unspecified atom stereocenters. The van der Waals surface area contributed by atoms with Crippen molar-refractivity contribution in [2.45, 2.75) is 36.8 Å². The molecule has 0 saturated carbocycles. The van der Waals surface area contributed by atoms with E-state index in [0.717, 1.165) is 32.8 Å². The summed E-state index contributed by atoms with van der Waals surface area (Å²) in [4.78, 5) is 16.8. The lowest BCUT2D eigenvalue weighted by Gasteiger charge is -2.05. The molecule has 3 nitrogen and oxygen atoms in total. The zero-order chi connectivity index (χ0) is 19.9. The Bertz CT molecular complexity index is 938. The van der Waals surface area contributed by atoms with Crippen molar-refractivity contribution >= 4 is 40.6 Å². The van der Waals surface area contributed by atoms with Gasteiger partial charge in [0.15, 0.2) is 0 Å². The van der Waals surface area contributed by atoms with Gasteiger partial charge in [0.25, 0.3) is 0 Å². The summed E-state index contributed by atoms with van der Waals surface area (Å²) < 4.78 is 1.00. The van der Waals surface area contributed by atoms with E-state index in [2.05, 4.69) is 42.3 Å². The van der Waals surface area contributed by atoms with Crippen molar-refractivity contribution in [1.29, 1.82) is 0 Å². The molecule has 3 rings (SSSR count). The highest BCUT2D eigenvalue weighted by Gasteiger charge is 2.09. The van der Waals surface area contributed by atoms with E-state index in [1.54, 1.807) is 23.1 Å². The first-order valence-corrected chi connectivity index (χ1v) is 11.4. The van der Waals surface area contributed by atoms with Crippen LogP contribution >= 0.6 is 34.7 Å². The zero-order valence-electron chi connectivity index (χ0n) is 16.0. The molecule has 0 spiro atoms. The second-order valence-corrected chi connectivity index (χ2v) is 9.24. The molecule has 0 aliphatic carbocycles. The Kier molecular flexibility index (Phi) is 7.54. The molecule has 3 aromatic rings. The summed E-state index contributed by atoms with van der Waals surface area (Å²) >= 11 is 9.21. The first-order valence-electron chi connectivity index (χ1n) is 9.14. The predicted molar refractivity (Wildman–Crippen MR) is 119 cm³/mol. The van der Waals surface area contributed by atoms with Gasteiger partial charge in [-0.15, -0.1) is 11.3 Å². The van der Waals surface area contributed by atoms with Crippen molar-refractivity contribution in [2.75, 3.05) is 6.54 Å². The summed E-state index contributed by atoms with van der Waals surface area (Å²) in [5.74, 6) is 0.902. The number of thiazole rings is 1. The summed E-state index contributed by atoms with van der Waals surface area (Å²) in [5.41, 5.74) is 5.90. The predicted octanol–water partition coefficient (Wildman–Crippen LogP) is 5.61. The van der Waals surface area contributed by atoms with Crippen LogP contribution in [0.25, 0.3) is 0 Å². The number of carbonyl (C=O) groups is 1. The first-order chi connectivity index (χ1) is 13.5. The third kappa shape index (κ3) is 6.36. The molecule has 28 heavy (non-hydrogen) atoms. The second kappa shape index (κ2) is 10.1. The quantitative estimate of drug-likeness (QED) is 0.472. The van der Waals surface area contributed by atoms with Gasteiger partial charge in [0.1, 0.15) is 4.34 Å². The lowest BCUT2D eigenvalue weighted by molar-refractivity contribution is -0.120. The number of aryl methyl sites for hydroxylation is 2. The maximum absolute atomic E-state index is 12.2. The van der Waals surface area contributed by atoms with E-state index in [0.29, 0.717) is 13.0 Å². The van der Waals surface area contributed by atoms with Gasteiger partial charge in [-0.25, -0.2) is 4.98 Å². The summed E-state index contributed by atoms with van der Waals surface area (Å²) in [5, 5.41) is 5.66. The van der Waals surface area contributed by atoms with Gasteiger partial charge in [-0.05, 0) is 49.1 Å². The van der Waals surface area contributed by atoms with Crippen molar-refractivity contribution in [3.63, 3.8) is 0 Å². The van der Waals surface area contributed by atoms with Crippen LogP contribution in [0.2, 0.25) is 5.02 Å². The molecular weight excluding hydrogens is 408 g/mol. The van der Waals surface area contributed by atoms with Gasteiger partial charge in [0.2, 0.25) is 5.91 Å². The maximum Gasteiger partial charge on any atom is 0.226 e. The van der Waals surface area contributed by atoms with Gasteiger partial charge in [-0.1, -0.05) is 59.3 Å². The van der Waals surface area contributed by atoms with Crippen molar-refractivity contribution in [3.8, 4) is 0 Å². The van der Waals surface area contributed by atoms with Crippen LogP contribution in [-0.4, -0.2) is 17.4 Å². The summed E-state index contributed by atoms with van der Waals surface area (Å²) in [6, 6.07) is 14.2. The van der Waals surface area contributed by atoms with Crippen LogP contribution in [0.4, 0.5) is 0 Å². The van der Waals surface area contributed by atoms with Crippen molar-refractivity contribution < 1.29 is 4.79 Å². The summed E-state index contributed by atoms with van der Waals surface area (Å²) in [6.07, 6.45) is 1.11. The van der Waals surface area contributed by atoms with Crippen LogP contribution in [0.15, 0.2) is 52.2 Å². The third-order valence-electron chi connectivity index (χ3n) is 4.38. The van der Waals surface area contributed by atoms with Crippen molar-refractivity contribution in [1.82, 2.24) is 10.3 Å². The second-order valence-electron chi connectivity index (χ2n) is 6.73. The monoisotopic (exact) mass is 430 g/mol. The number of nitrogens with zero attached hydrogens (tertiary/aromatic N) is 1. The number of rotatable bonds is 8. The Balaban J connectivity index is 1.44. The summed E-state index contributed by atoms with van der Waals surface area (Å²) in [6.45, 7) is 4.86. The highest BCUT2D eigenvalue weighted by molar-refractivity contribution is 8.00. The molecule has 6 heteroatoms. The van der Waals surface area contributed by atoms with Gasteiger partial charge in [0, 0.05) is 22.7 Å². The Morgan fingerprint density at radius 2 is 1.96 bits per heavy atom. The molecule has 0 aliphatic rings. The van der Waals surface area contributed by atoms with Gasteiger partial charge in [-0.3, -0.25) is 4.79 Å². The third-order valence-corrected chi connectivity index (χ3v) is 6.75. The Morgan fingerprint density at radius 3 is 2.75 bits per heavy atom. The molecule has 0 atom stereocenters. The van der Waals surface area contributed by atoms with Crippen molar-refractivity contribution in [3.05, 3.63) is 80.8 Å². The molecule has 0 aliphatic heterocycles. The van der Waals surface area contributed by atoms with Crippen LogP contribution in [0.5, 0.6) is 0 Å². The van der Waals surface area contributed by atoms with E-state index in [1.807, 2.05) is 29.6 Å². The van der Waals surface area contributed by atoms with Crippen LogP contribution in [0.3, 0.4) is 0 Å². The maximum atomic E-state index is 12.2. The molecule has 0 bridgehead atoms. The standard InChI is InChI=1S/C22H23ClN2OS2/c1-15-3-4-16(2)18(11-15)13-27-22-25-20(14-28-22)12-21(26)24-10-9-17-5-7-19(23)8-6-17/h3-8,11,14H,9-10,12-13H2,1-2H3,(H,24,26). The fraction of sp³-hybridized carbons (Fsp3) is 0.273. The van der Waals surface area contributed by atoms with Gasteiger partial charge in [0.05, 0.1) is 12.1 Å². The highest BCUT2D eigenvalue weighted by atomic mass is 35.5. The number of halogens is 1. The van der Waals surface area contributed by atoms with E-state index >= 15 is 0 Å². The van der Waals surface area contributed by atoms with E-state index in [9.17, 15) is 4.79 Å². The lowest BCUT2D eigenvalue weighted by atomic mass is 10.1. The van der Waals surface area contributed by atoms with Gasteiger partial charge >= 0.3 is 0 Å². The number of hydrogen-bond acceptors (Lipinski definition) is 4. The van der Waals surface area contributed by atoms with Crippen LogP contribution in [0.1, 0.15) is 27.9 Å². The molecule has 2 aromatic carbocycles. The molecular formula is C22H23ClN2OS2. The van der Waals surface area contributed by atoms with Crippen molar-refractivity contribution in [2.24, 2.45) is 0 Å². The van der Waals surface area contributed by atoms with Crippen LogP contribution in [0, 0.1) is 13.8 Å².